The van der Waals surface area contributed by atoms with E-state index in [9.17, 15) is 17.9 Å². The molecule has 8 nitrogen and oxygen atoms in total. The summed E-state index contributed by atoms with van der Waals surface area (Å²) in [6.45, 7) is 3.89. The Labute approximate surface area is 194 Å². The Morgan fingerprint density at radius 1 is 1.24 bits per heavy atom. The van der Waals surface area contributed by atoms with Crippen molar-refractivity contribution in [2.45, 2.75) is 51.1 Å². The molecule has 1 aromatic carbocycles. The Hall–Kier alpha value is -2.40. The average Bonchev–Trinajstić information content (AvgIpc) is 2.76. The van der Waals surface area contributed by atoms with Crippen LogP contribution in [-0.4, -0.2) is 62.4 Å². The summed E-state index contributed by atoms with van der Waals surface area (Å²) in [5.41, 5.74) is 2.38. The summed E-state index contributed by atoms with van der Waals surface area (Å²) in [7, 11) is -0.677. The van der Waals surface area contributed by atoms with Crippen molar-refractivity contribution < 1.29 is 27.4 Å². The molecule has 0 amide bonds. The number of ether oxygens (including phenoxy) is 2. The Bertz CT molecular complexity index is 1110. The second kappa shape index (κ2) is 10.3. The van der Waals surface area contributed by atoms with Crippen molar-refractivity contribution in [3.8, 4) is 11.3 Å². The molecule has 1 aliphatic heterocycles. The first-order valence-electron chi connectivity index (χ1n) is 10.7. The van der Waals surface area contributed by atoms with E-state index >= 15 is 0 Å². The van der Waals surface area contributed by atoms with Crippen LogP contribution in [0.4, 0.5) is 10.3 Å². The lowest BCUT2D eigenvalue weighted by Crippen LogP contribution is -2.35. The topological polar surface area (TPSA) is 102 Å². The fraction of sp³-hybridized carbons (Fsp3) is 0.478. The number of rotatable bonds is 7. The Balaban J connectivity index is 2.15. The number of halogens is 1. The number of anilines is 1. The lowest BCUT2D eigenvalue weighted by Gasteiger charge is -2.30. The SMILES string of the molecule is COC1CC(O)CC(/C=C/c2c(-c3ccc(F)cc3)nc(N(C)S(C)(=O)=O)nc2C(C)C)O1. The molecule has 1 saturated heterocycles. The van der Waals surface area contributed by atoms with Gasteiger partial charge in [0.1, 0.15) is 5.82 Å². The van der Waals surface area contributed by atoms with Crippen molar-refractivity contribution in [2.24, 2.45) is 0 Å². The molecule has 1 aromatic heterocycles. The zero-order chi connectivity index (χ0) is 24.3. The fourth-order valence-corrected chi connectivity index (χ4v) is 3.95. The van der Waals surface area contributed by atoms with E-state index in [1.54, 1.807) is 12.1 Å². The monoisotopic (exact) mass is 479 g/mol. The van der Waals surface area contributed by atoms with Gasteiger partial charge in [-0.3, -0.25) is 0 Å². The van der Waals surface area contributed by atoms with Gasteiger partial charge in [0.15, 0.2) is 6.29 Å². The van der Waals surface area contributed by atoms with E-state index in [4.69, 9.17) is 9.47 Å². The van der Waals surface area contributed by atoms with Gasteiger partial charge in [0.05, 0.1) is 29.9 Å². The second-order valence-corrected chi connectivity index (χ2v) is 10.4. The van der Waals surface area contributed by atoms with Crippen molar-refractivity contribution in [1.29, 1.82) is 0 Å². The molecular formula is C23H30FN3O5S. The molecule has 0 radical (unpaired) electrons. The largest absolute Gasteiger partial charge is 0.393 e. The number of aliphatic hydroxyl groups excluding tert-OH is 1. The van der Waals surface area contributed by atoms with E-state index < -0.39 is 34.3 Å². The predicted molar refractivity (Wildman–Crippen MR) is 125 cm³/mol. The van der Waals surface area contributed by atoms with E-state index in [2.05, 4.69) is 9.97 Å². The summed E-state index contributed by atoms with van der Waals surface area (Å²) < 4.78 is 50.0. The molecule has 2 heterocycles. The van der Waals surface area contributed by atoms with Crippen LogP contribution in [0.1, 0.15) is 43.9 Å². The quantitative estimate of drug-likeness (QED) is 0.650. The Kier molecular flexibility index (Phi) is 7.84. The summed E-state index contributed by atoms with van der Waals surface area (Å²) in [5, 5.41) is 10.1. The minimum Gasteiger partial charge on any atom is -0.393 e. The molecule has 10 heteroatoms. The van der Waals surface area contributed by atoms with Gasteiger partial charge in [-0.15, -0.1) is 0 Å². The third kappa shape index (κ3) is 6.14. The van der Waals surface area contributed by atoms with E-state index in [0.29, 0.717) is 35.4 Å². The minimum atomic E-state index is -3.59. The van der Waals surface area contributed by atoms with Crippen LogP contribution in [0, 0.1) is 5.82 Å². The smallest absolute Gasteiger partial charge is 0.239 e. The van der Waals surface area contributed by atoms with E-state index in [1.807, 2.05) is 26.0 Å². The van der Waals surface area contributed by atoms with Gasteiger partial charge < -0.3 is 14.6 Å². The zero-order valence-electron chi connectivity index (χ0n) is 19.4. The molecule has 0 bridgehead atoms. The molecule has 0 saturated carbocycles. The lowest BCUT2D eigenvalue weighted by molar-refractivity contribution is -0.191. The zero-order valence-corrected chi connectivity index (χ0v) is 20.2. The Morgan fingerprint density at radius 3 is 2.48 bits per heavy atom. The number of aromatic nitrogens is 2. The summed E-state index contributed by atoms with van der Waals surface area (Å²) in [6.07, 6.45) is 4.06. The van der Waals surface area contributed by atoms with E-state index in [0.717, 1.165) is 10.6 Å². The molecule has 0 aliphatic carbocycles. The highest BCUT2D eigenvalue weighted by atomic mass is 32.2. The van der Waals surface area contributed by atoms with Crippen molar-refractivity contribution in [1.82, 2.24) is 9.97 Å². The van der Waals surface area contributed by atoms with E-state index in [-0.39, 0.29) is 11.9 Å². The maximum absolute atomic E-state index is 13.6. The summed E-state index contributed by atoms with van der Waals surface area (Å²) in [4.78, 5) is 9.09. The minimum absolute atomic E-state index is 0.0291. The van der Waals surface area contributed by atoms with Gasteiger partial charge in [-0.1, -0.05) is 26.0 Å². The molecule has 0 spiro atoms. The first kappa shape index (κ1) is 25.2. The van der Waals surface area contributed by atoms with Crippen molar-refractivity contribution in [3.63, 3.8) is 0 Å². The maximum atomic E-state index is 13.6. The molecule has 2 aromatic rings. The number of methoxy groups -OCH3 is 1. The first-order valence-corrected chi connectivity index (χ1v) is 12.5. The summed E-state index contributed by atoms with van der Waals surface area (Å²) >= 11 is 0. The number of aliphatic hydroxyl groups is 1. The van der Waals surface area contributed by atoms with Gasteiger partial charge >= 0.3 is 0 Å². The number of hydrogen-bond acceptors (Lipinski definition) is 7. The molecule has 1 N–H and O–H groups in total. The highest BCUT2D eigenvalue weighted by Crippen LogP contribution is 2.32. The molecule has 3 unspecified atom stereocenters. The predicted octanol–water partition coefficient (Wildman–Crippen LogP) is 3.33. The lowest BCUT2D eigenvalue weighted by atomic mass is 9.97. The van der Waals surface area contributed by atoms with Crippen LogP contribution in [0.5, 0.6) is 0 Å². The molecule has 3 atom stereocenters. The van der Waals surface area contributed by atoms with Crippen molar-refractivity contribution in [3.05, 3.63) is 47.4 Å². The number of sulfonamides is 1. The van der Waals surface area contributed by atoms with Gasteiger partial charge in [-0.25, -0.2) is 27.1 Å². The molecule has 3 rings (SSSR count). The third-order valence-corrected chi connectivity index (χ3v) is 6.60. The van der Waals surface area contributed by atoms with Crippen LogP contribution in [0.3, 0.4) is 0 Å². The standard InChI is InChI=1S/C23H30FN3O5S/c1-14(2)21-19(11-10-18-12-17(28)13-20(31-4)32-18)22(15-6-8-16(24)9-7-15)26-23(25-21)27(3)33(5,29)30/h6-11,14,17-18,20,28H,12-13H2,1-5H3/b11-10+. The van der Waals surface area contributed by atoms with E-state index in [1.165, 1.54) is 26.3 Å². The van der Waals surface area contributed by atoms with Gasteiger partial charge in [0, 0.05) is 38.1 Å². The van der Waals surface area contributed by atoms with Crippen LogP contribution in [0.15, 0.2) is 30.3 Å². The fourth-order valence-electron chi connectivity index (χ4n) is 3.57. The third-order valence-electron chi connectivity index (χ3n) is 5.44. The normalized spacial score (nSPS) is 21.6. The number of nitrogens with zero attached hydrogens (tertiary/aromatic N) is 3. The Morgan fingerprint density at radius 2 is 1.91 bits per heavy atom. The van der Waals surface area contributed by atoms with Crippen molar-refractivity contribution in [2.75, 3.05) is 24.7 Å². The van der Waals surface area contributed by atoms with Crippen LogP contribution in [-0.2, 0) is 19.5 Å². The van der Waals surface area contributed by atoms with Gasteiger partial charge in [-0.05, 0) is 30.2 Å². The number of hydrogen-bond donors (Lipinski definition) is 1. The molecular weight excluding hydrogens is 449 g/mol. The van der Waals surface area contributed by atoms with Crippen LogP contribution >= 0.6 is 0 Å². The van der Waals surface area contributed by atoms with Gasteiger partial charge in [0.2, 0.25) is 16.0 Å². The van der Waals surface area contributed by atoms with Crippen LogP contribution < -0.4 is 4.31 Å². The highest BCUT2D eigenvalue weighted by Gasteiger charge is 2.27. The van der Waals surface area contributed by atoms with Gasteiger partial charge in [-0.2, -0.15) is 0 Å². The molecule has 1 aliphatic rings. The van der Waals surface area contributed by atoms with Crippen LogP contribution in [0.2, 0.25) is 0 Å². The summed E-state index contributed by atoms with van der Waals surface area (Å²) in [5.74, 6) is -0.428. The molecule has 1 fully saturated rings. The molecule has 180 valence electrons. The van der Waals surface area contributed by atoms with Gasteiger partial charge in [0.25, 0.3) is 0 Å². The molecule has 33 heavy (non-hydrogen) atoms. The van der Waals surface area contributed by atoms with Crippen LogP contribution in [0.25, 0.3) is 17.3 Å². The average molecular weight is 480 g/mol. The van der Waals surface area contributed by atoms with Crippen molar-refractivity contribution >= 4 is 22.0 Å². The number of benzene rings is 1. The maximum Gasteiger partial charge on any atom is 0.239 e. The highest BCUT2D eigenvalue weighted by molar-refractivity contribution is 7.92. The summed E-state index contributed by atoms with van der Waals surface area (Å²) in [6, 6.07) is 5.82. The second-order valence-electron chi connectivity index (χ2n) is 8.39. The first-order chi connectivity index (χ1) is 15.5.